The average Bonchev–Trinajstić information content (AvgIpc) is 2.64. The Morgan fingerprint density at radius 1 is 1.00 bits per heavy atom. The Hall–Kier alpha value is -2.42. The lowest BCUT2D eigenvalue weighted by molar-refractivity contribution is 0.0698. The van der Waals surface area contributed by atoms with Gasteiger partial charge in [-0.2, -0.15) is 0 Å². The Labute approximate surface area is 168 Å². The molecule has 0 bridgehead atoms. The maximum atomic E-state index is 11.4. The van der Waals surface area contributed by atoms with E-state index in [1.807, 2.05) is 12.3 Å². The molecule has 1 aliphatic carbocycles. The summed E-state index contributed by atoms with van der Waals surface area (Å²) in [5, 5.41) is 9.38. The topological polar surface area (TPSA) is 49.7 Å². The molecule has 1 N–H and O–H groups in total. The first-order valence-electron chi connectivity index (χ1n) is 10.00. The van der Waals surface area contributed by atoms with Crippen molar-refractivity contribution in [2.75, 3.05) is 0 Å². The summed E-state index contributed by atoms with van der Waals surface area (Å²) >= 11 is 0. The molecular formula is C25H31NO2. The minimum atomic E-state index is -0.958. The van der Waals surface area contributed by atoms with E-state index in [1.54, 1.807) is 18.2 Å². The van der Waals surface area contributed by atoms with Crippen molar-refractivity contribution in [2.24, 2.45) is 16.8 Å². The molecule has 0 saturated heterocycles. The third kappa shape index (κ3) is 3.17. The fraction of sp³-hybridized carbons (Fsp3) is 0.440. The Balaban J connectivity index is 2.12. The second kappa shape index (κ2) is 6.88. The van der Waals surface area contributed by atoms with Crippen LogP contribution in [0.3, 0.4) is 0 Å². The lowest BCUT2D eigenvalue weighted by atomic mass is 9.53. The molecule has 28 heavy (non-hydrogen) atoms. The second-order valence-electron chi connectivity index (χ2n) is 9.36. The number of fused-ring (bicyclic) bond motifs is 1. The van der Waals surface area contributed by atoms with Crippen LogP contribution in [0, 0.1) is 18.8 Å². The Kier molecular flexibility index (Phi) is 4.99. The Morgan fingerprint density at radius 3 is 2.11 bits per heavy atom. The molecule has 0 fully saturated rings. The van der Waals surface area contributed by atoms with Crippen molar-refractivity contribution < 1.29 is 9.90 Å². The van der Waals surface area contributed by atoms with E-state index in [0.29, 0.717) is 17.5 Å². The van der Waals surface area contributed by atoms with Crippen molar-refractivity contribution in [1.82, 2.24) is 0 Å². The number of para-hydroxylation sites is 1. The number of carboxylic acids is 1. The Morgan fingerprint density at radius 2 is 1.54 bits per heavy atom. The molecule has 0 unspecified atom stereocenters. The molecule has 0 radical (unpaired) electrons. The zero-order chi connectivity index (χ0) is 20.9. The summed E-state index contributed by atoms with van der Waals surface area (Å²) in [4.78, 5) is 16.0. The molecule has 2 atom stereocenters. The van der Waals surface area contributed by atoms with Gasteiger partial charge in [0.05, 0.1) is 11.3 Å². The maximum Gasteiger partial charge on any atom is 0.337 e. The average molecular weight is 378 g/mol. The molecule has 0 amide bonds. The van der Waals surface area contributed by atoms with Crippen LogP contribution in [-0.4, -0.2) is 17.3 Å². The number of rotatable bonds is 3. The Bertz CT molecular complexity index is 953. The summed E-state index contributed by atoms with van der Waals surface area (Å²) in [6.07, 6.45) is 1.81. The molecule has 0 saturated carbocycles. The third-order valence-electron chi connectivity index (χ3n) is 7.30. The van der Waals surface area contributed by atoms with Crippen LogP contribution in [0.1, 0.15) is 74.2 Å². The van der Waals surface area contributed by atoms with Gasteiger partial charge in [-0.3, -0.25) is 4.99 Å². The number of carbonyl (C=O) groups is 1. The third-order valence-corrected chi connectivity index (χ3v) is 7.30. The van der Waals surface area contributed by atoms with E-state index in [9.17, 15) is 9.90 Å². The van der Waals surface area contributed by atoms with Gasteiger partial charge in [0, 0.05) is 6.21 Å². The fourth-order valence-electron chi connectivity index (χ4n) is 4.58. The number of aryl methyl sites for hydroxylation is 1. The largest absolute Gasteiger partial charge is 0.478 e. The zero-order valence-corrected chi connectivity index (χ0v) is 18.0. The lowest BCUT2D eigenvalue weighted by Crippen LogP contribution is -2.46. The van der Waals surface area contributed by atoms with Gasteiger partial charge in [-0.15, -0.1) is 0 Å². The zero-order valence-electron chi connectivity index (χ0n) is 18.0. The molecule has 2 aromatic carbocycles. The van der Waals surface area contributed by atoms with Crippen molar-refractivity contribution in [3.63, 3.8) is 0 Å². The molecule has 0 spiro atoms. The first kappa shape index (κ1) is 20.3. The van der Waals surface area contributed by atoms with E-state index in [-0.39, 0.29) is 16.4 Å². The van der Waals surface area contributed by atoms with E-state index in [0.717, 1.165) is 5.56 Å². The van der Waals surface area contributed by atoms with E-state index in [1.165, 1.54) is 16.7 Å². The molecule has 0 aliphatic heterocycles. The molecule has 3 rings (SSSR count). The van der Waals surface area contributed by atoms with Crippen LogP contribution >= 0.6 is 0 Å². The van der Waals surface area contributed by atoms with Crippen LogP contribution < -0.4 is 0 Å². The highest BCUT2D eigenvalue weighted by Crippen LogP contribution is 2.52. The number of carboxylic acid groups (broad SMARTS) is 1. The van der Waals surface area contributed by atoms with Gasteiger partial charge in [-0.1, -0.05) is 59.7 Å². The van der Waals surface area contributed by atoms with E-state index >= 15 is 0 Å². The monoisotopic (exact) mass is 377 g/mol. The van der Waals surface area contributed by atoms with Gasteiger partial charge < -0.3 is 5.11 Å². The highest BCUT2D eigenvalue weighted by molar-refractivity contribution is 5.95. The van der Waals surface area contributed by atoms with Crippen LogP contribution in [0.5, 0.6) is 0 Å². The van der Waals surface area contributed by atoms with Crippen molar-refractivity contribution in [3.8, 4) is 0 Å². The molecule has 0 aromatic heterocycles. The normalized spacial score (nSPS) is 22.8. The van der Waals surface area contributed by atoms with Gasteiger partial charge in [-0.25, -0.2) is 4.79 Å². The summed E-state index contributed by atoms with van der Waals surface area (Å²) in [6.45, 7) is 16.2. The summed E-state index contributed by atoms with van der Waals surface area (Å²) in [6, 6.07) is 11.4. The summed E-state index contributed by atoms with van der Waals surface area (Å²) < 4.78 is 0. The first-order chi connectivity index (χ1) is 13.0. The molecule has 3 heteroatoms. The number of nitrogens with zero attached hydrogens (tertiary/aromatic N) is 1. The molecule has 148 valence electrons. The molecule has 1 aliphatic rings. The number of hydrogen-bond acceptors (Lipinski definition) is 2. The number of benzene rings is 2. The van der Waals surface area contributed by atoms with Gasteiger partial charge in [0.15, 0.2) is 0 Å². The number of aliphatic imine (C=N–C) groups is 1. The second-order valence-corrected chi connectivity index (χ2v) is 9.36. The van der Waals surface area contributed by atoms with Crippen molar-refractivity contribution in [3.05, 3.63) is 64.2 Å². The van der Waals surface area contributed by atoms with Crippen LogP contribution in [0.4, 0.5) is 5.69 Å². The SMILES string of the molecule is Cc1cc2c(cc1C=Nc1ccccc1C(=O)O)C(C)(C)[C@@H](C)[C@H](C)C2(C)C. The molecule has 0 heterocycles. The minimum Gasteiger partial charge on any atom is -0.478 e. The summed E-state index contributed by atoms with van der Waals surface area (Å²) in [5.74, 6) is 0.173. The van der Waals surface area contributed by atoms with E-state index in [2.05, 4.69) is 65.6 Å². The van der Waals surface area contributed by atoms with Gasteiger partial charge in [0.2, 0.25) is 0 Å². The van der Waals surface area contributed by atoms with Gasteiger partial charge >= 0.3 is 5.97 Å². The number of hydrogen-bond donors (Lipinski definition) is 1. The summed E-state index contributed by atoms with van der Waals surface area (Å²) in [5.41, 5.74) is 5.89. The highest BCUT2D eigenvalue weighted by Gasteiger charge is 2.47. The van der Waals surface area contributed by atoms with Crippen LogP contribution in [0.2, 0.25) is 0 Å². The lowest BCUT2D eigenvalue weighted by Gasteiger charge is -2.51. The molecular weight excluding hydrogens is 346 g/mol. The van der Waals surface area contributed by atoms with Gasteiger partial charge in [-0.05, 0) is 70.0 Å². The van der Waals surface area contributed by atoms with Crippen LogP contribution in [-0.2, 0) is 10.8 Å². The van der Waals surface area contributed by atoms with Crippen molar-refractivity contribution in [1.29, 1.82) is 0 Å². The van der Waals surface area contributed by atoms with E-state index < -0.39 is 5.97 Å². The minimum absolute atomic E-state index is 0.0690. The summed E-state index contributed by atoms with van der Waals surface area (Å²) in [7, 11) is 0. The number of aromatic carboxylic acids is 1. The van der Waals surface area contributed by atoms with Gasteiger partial charge in [0.1, 0.15) is 0 Å². The van der Waals surface area contributed by atoms with Crippen LogP contribution in [0.25, 0.3) is 0 Å². The maximum absolute atomic E-state index is 11.4. The highest BCUT2D eigenvalue weighted by atomic mass is 16.4. The predicted octanol–water partition coefficient (Wildman–Crippen LogP) is 6.28. The quantitative estimate of drug-likeness (QED) is 0.639. The smallest absolute Gasteiger partial charge is 0.337 e. The molecule has 3 nitrogen and oxygen atoms in total. The van der Waals surface area contributed by atoms with Crippen molar-refractivity contribution >= 4 is 17.9 Å². The van der Waals surface area contributed by atoms with E-state index in [4.69, 9.17) is 0 Å². The van der Waals surface area contributed by atoms with Crippen LogP contribution in [0.15, 0.2) is 41.4 Å². The first-order valence-corrected chi connectivity index (χ1v) is 10.00. The molecule has 2 aromatic rings. The fourth-order valence-corrected chi connectivity index (χ4v) is 4.58. The predicted molar refractivity (Wildman–Crippen MR) is 116 cm³/mol. The van der Waals surface area contributed by atoms with Crippen molar-refractivity contribution in [2.45, 2.75) is 59.3 Å². The van der Waals surface area contributed by atoms with Gasteiger partial charge in [0.25, 0.3) is 0 Å². The standard InChI is InChI=1S/C25H31NO2/c1-15-12-20-21(25(6,7)17(3)16(2)24(20,4)5)13-18(15)14-26-22-11-9-8-10-19(22)23(27)28/h8-14,16-17H,1-7H3,(H,27,28)/t16-,17-/m0/s1.